The molecule has 4 rings (SSSR count). The number of rotatable bonds is 8. The average molecular weight is 489 g/mol. The van der Waals surface area contributed by atoms with Crippen molar-refractivity contribution in [1.29, 1.82) is 0 Å². The fourth-order valence-electron chi connectivity index (χ4n) is 4.52. The molecule has 1 amide bonds. The third-order valence-corrected chi connectivity index (χ3v) is 6.34. The van der Waals surface area contributed by atoms with Gasteiger partial charge < -0.3 is 15.4 Å². The van der Waals surface area contributed by atoms with Crippen LogP contribution in [0.3, 0.4) is 0 Å². The lowest BCUT2D eigenvalue weighted by Crippen LogP contribution is -2.38. The largest absolute Gasteiger partial charge is 0.376 e. The molecule has 8 heteroatoms. The van der Waals surface area contributed by atoms with E-state index in [1.54, 1.807) is 12.1 Å². The summed E-state index contributed by atoms with van der Waals surface area (Å²) in [6.45, 7) is 2.07. The van der Waals surface area contributed by atoms with Crippen LogP contribution in [0.25, 0.3) is 0 Å². The van der Waals surface area contributed by atoms with E-state index in [0.717, 1.165) is 18.7 Å². The maximum atomic E-state index is 14.7. The van der Waals surface area contributed by atoms with Gasteiger partial charge in [0, 0.05) is 43.1 Å². The second kappa shape index (κ2) is 11.6. The number of hydrogen-bond acceptors (Lipinski definition) is 3. The van der Waals surface area contributed by atoms with Crippen molar-refractivity contribution in [2.45, 2.75) is 44.1 Å². The van der Waals surface area contributed by atoms with Crippen LogP contribution in [0.4, 0.5) is 23.2 Å². The minimum absolute atomic E-state index is 0.0374. The molecule has 4 nitrogen and oxygen atoms in total. The lowest BCUT2D eigenvalue weighted by atomic mass is 9.85. The number of benzene rings is 2. The Bertz CT molecular complexity index is 1130. The molecule has 2 N–H and O–H groups in total. The number of ether oxygens (including phenoxy) is 1. The highest BCUT2D eigenvalue weighted by Crippen LogP contribution is 2.34. The van der Waals surface area contributed by atoms with Gasteiger partial charge >= 0.3 is 0 Å². The number of nitrogens with one attached hydrogen (secondary N) is 2. The average Bonchev–Trinajstić information content (AvgIpc) is 2.84. The Labute approximate surface area is 202 Å². The van der Waals surface area contributed by atoms with Crippen molar-refractivity contribution in [2.75, 3.05) is 25.0 Å². The summed E-state index contributed by atoms with van der Waals surface area (Å²) in [5.74, 6) is -3.93. The van der Waals surface area contributed by atoms with Gasteiger partial charge in [0.2, 0.25) is 5.91 Å². The van der Waals surface area contributed by atoms with Gasteiger partial charge in [-0.1, -0.05) is 18.2 Å². The van der Waals surface area contributed by atoms with Crippen molar-refractivity contribution in [1.82, 2.24) is 5.32 Å². The molecule has 1 heterocycles. The molecule has 0 bridgehead atoms. The molecular weight excluding hydrogens is 460 g/mol. The van der Waals surface area contributed by atoms with E-state index in [0.29, 0.717) is 54.8 Å². The molecule has 1 fully saturated rings. The summed E-state index contributed by atoms with van der Waals surface area (Å²) in [5.41, 5.74) is 1.61. The number of carbonyl (C=O) groups is 1. The van der Waals surface area contributed by atoms with Gasteiger partial charge in [-0.25, -0.2) is 17.6 Å². The zero-order valence-corrected chi connectivity index (χ0v) is 19.3. The first-order valence-corrected chi connectivity index (χ1v) is 11.8. The summed E-state index contributed by atoms with van der Waals surface area (Å²) in [6.07, 6.45) is 4.63. The standard InChI is InChI=1S/C27H28F4N2O2/c28-19-4-1-3-17(13-19)22(18-7-10-24(30)25(31)14-18)15-27(34)33-26-6-2-5-23(29)21(26)9-8-20-16-32-11-12-35-20/h2-3,5-7,10,13-14,20,22,32H,1,4,8-9,11-12,15-16H2,(H,33,34)/t20-,22?/m1/s1. The predicted octanol–water partition coefficient (Wildman–Crippen LogP) is 5.71. The van der Waals surface area contributed by atoms with Crippen LogP contribution < -0.4 is 10.6 Å². The van der Waals surface area contributed by atoms with Crippen LogP contribution >= 0.6 is 0 Å². The zero-order valence-electron chi connectivity index (χ0n) is 19.3. The monoisotopic (exact) mass is 488 g/mol. The van der Waals surface area contributed by atoms with Gasteiger partial charge in [0.25, 0.3) is 0 Å². The van der Waals surface area contributed by atoms with Crippen LogP contribution in [-0.2, 0) is 16.0 Å². The summed E-state index contributed by atoms with van der Waals surface area (Å²) in [4.78, 5) is 13.1. The number of anilines is 1. The van der Waals surface area contributed by atoms with Crippen molar-refractivity contribution in [3.8, 4) is 0 Å². The highest BCUT2D eigenvalue weighted by molar-refractivity contribution is 5.92. The van der Waals surface area contributed by atoms with Gasteiger partial charge in [-0.15, -0.1) is 0 Å². The third-order valence-electron chi connectivity index (χ3n) is 6.34. The van der Waals surface area contributed by atoms with Crippen LogP contribution in [-0.4, -0.2) is 31.7 Å². The van der Waals surface area contributed by atoms with Crippen molar-refractivity contribution in [3.05, 3.63) is 88.5 Å². The van der Waals surface area contributed by atoms with E-state index in [4.69, 9.17) is 4.74 Å². The van der Waals surface area contributed by atoms with E-state index >= 15 is 0 Å². The summed E-state index contributed by atoms with van der Waals surface area (Å²) < 4.78 is 61.8. The van der Waals surface area contributed by atoms with Crippen molar-refractivity contribution in [3.63, 3.8) is 0 Å². The summed E-state index contributed by atoms with van der Waals surface area (Å²) in [7, 11) is 0. The van der Waals surface area contributed by atoms with Crippen molar-refractivity contribution in [2.24, 2.45) is 0 Å². The normalized spacial score (nSPS) is 19.0. The van der Waals surface area contributed by atoms with Crippen LogP contribution in [0, 0.1) is 17.5 Å². The van der Waals surface area contributed by atoms with Crippen LogP contribution in [0.2, 0.25) is 0 Å². The quantitative estimate of drug-likeness (QED) is 0.468. The Balaban J connectivity index is 1.52. The highest BCUT2D eigenvalue weighted by Gasteiger charge is 2.24. The Kier molecular flexibility index (Phi) is 8.36. The Hall–Kier alpha value is -2.97. The predicted molar refractivity (Wildman–Crippen MR) is 126 cm³/mol. The van der Waals surface area contributed by atoms with Gasteiger partial charge in [-0.3, -0.25) is 4.79 Å². The van der Waals surface area contributed by atoms with Gasteiger partial charge in [0.1, 0.15) is 11.6 Å². The molecule has 2 aliphatic rings. The SMILES string of the molecule is O=C(CC(C1=CCCC(F)=C1)c1ccc(F)c(F)c1)Nc1cccc(F)c1CC[C@@H]1CNCCO1. The van der Waals surface area contributed by atoms with Gasteiger partial charge in [-0.05, 0) is 60.7 Å². The Morgan fingerprint density at radius 1 is 1.11 bits per heavy atom. The first-order valence-electron chi connectivity index (χ1n) is 11.8. The highest BCUT2D eigenvalue weighted by atomic mass is 19.2. The number of allylic oxidation sites excluding steroid dienone is 4. The second-order valence-corrected chi connectivity index (χ2v) is 8.81. The maximum Gasteiger partial charge on any atom is 0.225 e. The first kappa shape index (κ1) is 25.1. The molecule has 0 radical (unpaired) electrons. The van der Waals surface area contributed by atoms with Crippen LogP contribution in [0.15, 0.2) is 60.0 Å². The number of halogens is 4. The summed E-state index contributed by atoms with van der Waals surface area (Å²) in [6, 6.07) is 7.90. The fourth-order valence-corrected chi connectivity index (χ4v) is 4.52. The van der Waals surface area contributed by atoms with Gasteiger partial charge in [0.05, 0.1) is 12.7 Å². The Morgan fingerprint density at radius 3 is 2.71 bits per heavy atom. The number of amides is 1. The van der Waals surface area contributed by atoms with E-state index in [1.165, 1.54) is 24.3 Å². The molecule has 0 aromatic heterocycles. The number of hydrogen-bond donors (Lipinski definition) is 2. The summed E-state index contributed by atoms with van der Waals surface area (Å²) in [5, 5.41) is 6.01. The fraction of sp³-hybridized carbons (Fsp3) is 0.370. The van der Waals surface area contributed by atoms with Gasteiger partial charge in [0.15, 0.2) is 11.6 Å². The Morgan fingerprint density at radius 2 is 1.97 bits per heavy atom. The van der Waals surface area contributed by atoms with E-state index < -0.39 is 29.3 Å². The van der Waals surface area contributed by atoms with E-state index in [1.807, 2.05) is 0 Å². The molecule has 1 unspecified atom stereocenters. The zero-order chi connectivity index (χ0) is 24.8. The second-order valence-electron chi connectivity index (χ2n) is 8.81. The summed E-state index contributed by atoms with van der Waals surface area (Å²) >= 11 is 0. The van der Waals surface area contributed by atoms with E-state index in [9.17, 15) is 22.4 Å². The van der Waals surface area contributed by atoms with E-state index in [2.05, 4.69) is 10.6 Å². The molecule has 186 valence electrons. The molecule has 35 heavy (non-hydrogen) atoms. The molecular formula is C27H28F4N2O2. The molecule has 2 atom stereocenters. The lowest BCUT2D eigenvalue weighted by molar-refractivity contribution is -0.116. The van der Waals surface area contributed by atoms with Crippen molar-refractivity contribution < 1.29 is 27.1 Å². The molecule has 0 spiro atoms. The minimum atomic E-state index is -1.04. The molecule has 0 saturated carbocycles. The van der Waals surface area contributed by atoms with E-state index in [-0.39, 0.29) is 24.8 Å². The van der Waals surface area contributed by atoms with Crippen molar-refractivity contribution >= 4 is 11.6 Å². The maximum absolute atomic E-state index is 14.7. The topological polar surface area (TPSA) is 50.4 Å². The third kappa shape index (κ3) is 6.58. The molecule has 2 aromatic rings. The lowest BCUT2D eigenvalue weighted by Gasteiger charge is -2.24. The minimum Gasteiger partial charge on any atom is -0.376 e. The van der Waals surface area contributed by atoms with Crippen LogP contribution in [0.5, 0.6) is 0 Å². The molecule has 1 aliphatic heterocycles. The number of morpholine rings is 1. The first-order chi connectivity index (χ1) is 16.9. The van der Waals surface area contributed by atoms with Crippen LogP contribution in [0.1, 0.15) is 42.7 Å². The molecule has 2 aromatic carbocycles. The van der Waals surface area contributed by atoms with Gasteiger partial charge in [-0.2, -0.15) is 0 Å². The number of carbonyl (C=O) groups excluding carboxylic acids is 1. The smallest absolute Gasteiger partial charge is 0.225 e. The molecule has 1 aliphatic carbocycles. The molecule has 1 saturated heterocycles.